The lowest BCUT2D eigenvalue weighted by atomic mass is 9.69. The summed E-state index contributed by atoms with van der Waals surface area (Å²) in [5.41, 5.74) is 0.162. The first-order valence-corrected chi connectivity index (χ1v) is 6.59. The van der Waals surface area contributed by atoms with Crippen LogP contribution in [0.4, 0.5) is 0 Å². The highest BCUT2D eigenvalue weighted by atomic mass is 16.2. The van der Waals surface area contributed by atoms with Gasteiger partial charge in [-0.15, -0.1) is 0 Å². The van der Waals surface area contributed by atoms with Crippen LogP contribution in [0.2, 0.25) is 0 Å². The molecule has 0 radical (unpaired) electrons. The predicted molar refractivity (Wildman–Crippen MR) is 65.4 cm³/mol. The van der Waals surface area contributed by atoms with Gasteiger partial charge in [0.15, 0.2) is 0 Å². The molecule has 0 bridgehead atoms. The number of nitrogens with one attached hydrogen (secondary N) is 1. The van der Waals surface area contributed by atoms with Crippen molar-refractivity contribution in [3.05, 3.63) is 0 Å². The van der Waals surface area contributed by atoms with Crippen LogP contribution in [-0.4, -0.2) is 35.8 Å². The number of carbonyl (C=O) groups excluding carboxylic acids is 2. The fourth-order valence-corrected chi connectivity index (χ4v) is 3.19. The summed E-state index contributed by atoms with van der Waals surface area (Å²) >= 11 is 0. The van der Waals surface area contributed by atoms with Crippen LogP contribution in [0.5, 0.6) is 0 Å². The van der Waals surface area contributed by atoms with Crippen LogP contribution in [0, 0.1) is 5.41 Å². The van der Waals surface area contributed by atoms with Crippen molar-refractivity contribution in [2.24, 2.45) is 5.41 Å². The van der Waals surface area contributed by atoms with Crippen LogP contribution in [0.1, 0.15) is 46.0 Å². The summed E-state index contributed by atoms with van der Waals surface area (Å²) < 4.78 is 0. The van der Waals surface area contributed by atoms with E-state index in [1.54, 1.807) is 6.92 Å². The quantitative estimate of drug-likeness (QED) is 0.748. The lowest BCUT2D eigenvalue weighted by Gasteiger charge is -2.46. The first kappa shape index (κ1) is 12.4. The fourth-order valence-electron chi connectivity index (χ4n) is 3.19. The van der Waals surface area contributed by atoms with E-state index in [0.29, 0.717) is 12.5 Å². The lowest BCUT2D eigenvalue weighted by Crippen LogP contribution is -2.52. The molecule has 17 heavy (non-hydrogen) atoms. The maximum absolute atomic E-state index is 11.7. The highest BCUT2D eigenvalue weighted by molar-refractivity contribution is 5.78. The molecule has 1 spiro atoms. The second-order valence-electron chi connectivity index (χ2n) is 5.56. The Hall–Kier alpha value is -1.06. The molecule has 2 rings (SSSR count). The van der Waals surface area contributed by atoms with Crippen LogP contribution in [-0.2, 0) is 9.59 Å². The normalized spacial score (nSPS) is 28.0. The minimum Gasteiger partial charge on any atom is -0.353 e. The van der Waals surface area contributed by atoms with Gasteiger partial charge in [0.05, 0.1) is 0 Å². The smallest absolute Gasteiger partial charge is 0.220 e. The number of likely N-dealkylation sites (tertiary alicyclic amines) is 1. The molecule has 96 valence electrons. The minimum atomic E-state index is 0.159. The van der Waals surface area contributed by atoms with Crippen molar-refractivity contribution in [1.82, 2.24) is 10.2 Å². The number of carbonyl (C=O) groups is 2. The molecule has 2 saturated heterocycles. The van der Waals surface area contributed by atoms with Gasteiger partial charge in [0.2, 0.25) is 11.8 Å². The number of amides is 2. The molecule has 0 aromatic carbocycles. The lowest BCUT2D eigenvalue weighted by molar-refractivity contribution is -0.134. The second-order valence-corrected chi connectivity index (χ2v) is 5.56. The number of hydrogen-bond acceptors (Lipinski definition) is 2. The Morgan fingerprint density at radius 2 is 2.12 bits per heavy atom. The minimum absolute atomic E-state index is 0.159. The molecule has 0 saturated carbocycles. The monoisotopic (exact) mass is 238 g/mol. The zero-order valence-electron chi connectivity index (χ0n) is 10.8. The number of hydrogen-bond donors (Lipinski definition) is 1. The zero-order chi connectivity index (χ0) is 12.5. The Morgan fingerprint density at radius 3 is 2.65 bits per heavy atom. The molecule has 1 atom stereocenters. The largest absolute Gasteiger partial charge is 0.353 e. The summed E-state index contributed by atoms with van der Waals surface area (Å²) in [7, 11) is 0. The van der Waals surface area contributed by atoms with Crippen molar-refractivity contribution in [2.45, 2.75) is 52.0 Å². The number of nitrogens with zero attached hydrogens (tertiary/aromatic N) is 1. The van der Waals surface area contributed by atoms with Crippen LogP contribution in [0.15, 0.2) is 0 Å². The van der Waals surface area contributed by atoms with E-state index in [1.165, 1.54) is 0 Å². The molecule has 2 amide bonds. The van der Waals surface area contributed by atoms with Crippen LogP contribution in [0.3, 0.4) is 0 Å². The molecule has 2 aliphatic heterocycles. The topological polar surface area (TPSA) is 49.4 Å². The van der Waals surface area contributed by atoms with Crippen molar-refractivity contribution in [3.63, 3.8) is 0 Å². The van der Waals surface area contributed by atoms with Crippen molar-refractivity contribution in [1.29, 1.82) is 0 Å². The predicted octanol–water partition coefficient (Wildman–Crippen LogP) is 1.30. The molecular weight excluding hydrogens is 216 g/mol. The van der Waals surface area contributed by atoms with Crippen molar-refractivity contribution in [3.8, 4) is 0 Å². The maximum atomic E-state index is 11.7. The third-order valence-corrected chi connectivity index (χ3v) is 4.34. The molecule has 1 N–H and O–H groups in total. The molecule has 2 fully saturated rings. The summed E-state index contributed by atoms with van der Waals surface area (Å²) in [5, 5.41) is 3.05. The van der Waals surface area contributed by atoms with Crippen LogP contribution >= 0.6 is 0 Å². The van der Waals surface area contributed by atoms with E-state index in [1.807, 2.05) is 4.90 Å². The Labute approximate surface area is 103 Å². The van der Waals surface area contributed by atoms with Gasteiger partial charge in [-0.2, -0.15) is 0 Å². The third kappa shape index (κ3) is 2.61. The molecule has 4 heteroatoms. The van der Waals surface area contributed by atoms with E-state index >= 15 is 0 Å². The molecule has 2 aliphatic rings. The molecule has 0 aromatic heterocycles. The van der Waals surface area contributed by atoms with Gasteiger partial charge in [-0.05, 0) is 31.1 Å². The summed E-state index contributed by atoms with van der Waals surface area (Å²) in [6.45, 7) is 5.38. The van der Waals surface area contributed by atoms with Gasteiger partial charge in [0, 0.05) is 32.5 Å². The average Bonchev–Trinajstić information content (AvgIpc) is 2.28. The van der Waals surface area contributed by atoms with Crippen molar-refractivity contribution >= 4 is 11.8 Å². The van der Waals surface area contributed by atoms with Crippen LogP contribution < -0.4 is 5.32 Å². The number of piperidine rings is 2. The second kappa shape index (κ2) is 4.67. The Bertz CT molecular complexity index is 319. The van der Waals surface area contributed by atoms with E-state index in [0.717, 1.165) is 38.8 Å². The average molecular weight is 238 g/mol. The van der Waals surface area contributed by atoms with Gasteiger partial charge >= 0.3 is 0 Å². The van der Waals surface area contributed by atoms with Crippen LogP contribution in [0.25, 0.3) is 0 Å². The maximum Gasteiger partial charge on any atom is 0.220 e. The number of rotatable bonds is 1. The molecule has 2 heterocycles. The van der Waals surface area contributed by atoms with Gasteiger partial charge in [-0.3, -0.25) is 9.59 Å². The Kier molecular flexibility index (Phi) is 3.40. The first-order chi connectivity index (χ1) is 8.04. The van der Waals surface area contributed by atoms with E-state index in [2.05, 4.69) is 12.2 Å². The zero-order valence-corrected chi connectivity index (χ0v) is 10.8. The van der Waals surface area contributed by atoms with Gasteiger partial charge < -0.3 is 10.2 Å². The SMILES string of the molecule is CCC1CC2(CCN(C(C)=O)CC2)CC(=O)N1. The standard InChI is InChI=1S/C13H22N2O2/c1-3-11-8-13(9-12(17)14-11)4-6-15(7-5-13)10(2)16/h11H,3-9H2,1-2H3,(H,14,17). The van der Waals surface area contributed by atoms with Crippen molar-refractivity contribution < 1.29 is 9.59 Å². The molecule has 0 aliphatic carbocycles. The highest BCUT2D eigenvalue weighted by Gasteiger charge is 2.41. The molecular formula is C13H22N2O2. The van der Waals surface area contributed by atoms with E-state index in [-0.39, 0.29) is 17.2 Å². The Morgan fingerprint density at radius 1 is 1.47 bits per heavy atom. The Balaban J connectivity index is 2.01. The molecule has 1 unspecified atom stereocenters. The van der Waals surface area contributed by atoms with E-state index in [4.69, 9.17) is 0 Å². The summed E-state index contributed by atoms with van der Waals surface area (Å²) in [4.78, 5) is 24.9. The van der Waals surface area contributed by atoms with E-state index < -0.39 is 0 Å². The van der Waals surface area contributed by atoms with Gasteiger partial charge in [0.25, 0.3) is 0 Å². The summed E-state index contributed by atoms with van der Waals surface area (Å²) in [6, 6.07) is 0.333. The molecule has 0 aromatic rings. The van der Waals surface area contributed by atoms with Gasteiger partial charge in [0.1, 0.15) is 0 Å². The van der Waals surface area contributed by atoms with E-state index in [9.17, 15) is 9.59 Å². The summed E-state index contributed by atoms with van der Waals surface area (Å²) in [6.07, 6.45) is 4.70. The summed E-state index contributed by atoms with van der Waals surface area (Å²) in [5.74, 6) is 0.353. The van der Waals surface area contributed by atoms with Gasteiger partial charge in [-0.25, -0.2) is 0 Å². The first-order valence-electron chi connectivity index (χ1n) is 6.59. The fraction of sp³-hybridized carbons (Fsp3) is 0.846. The van der Waals surface area contributed by atoms with Crippen molar-refractivity contribution in [2.75, 3.05) is 13.1 Å². The molecule has 4 nitrogen and oxygen atoms in total. The van der Waals surface area contributed by atoms with Gasteiger partial charge in [-0.1, -0.05) is 6.92 Å². The third-order valence-electron chi connectivity index (χ3n) is 4.34. The highest BCUT2D eigenvalue weighted by Crippen LogP contribution is 2.42.